The van der Waals surface area contributed by atoms with Gasteiger partial charge in [-0.15, -0.1) is 4.40 Å². The van der Waals surface area contributed by atoms with Crippen LogP contribution in [-0.4, -0.2) is 57.8 Å². The average molecular weight is 307 g/mol. The molecular formula is C15H21N3O2S. The van der Waals surface area contributed by atoms with Crippen molar-refractivity contribution in [2.24, 2.45) is 10.3 Å². The van der Waals surface area contributed by atoms with E-state index in [9.17, 15) is 8.42 Å². The summed E-state index contributed by atoms with van der Waals surface area (Å²) in [6, 6.07) is 7.07. The summed E-state index contributed by atoms with van der Waals surface area (Å²) in [6.45, 7) is 3.08. The fourth-order valence-corrected chi connectivity index (χ4v) is 4.33. The van der Waals surface area contributed by atoms with Crippen molar-refractivity contribution in [3.05, 3.63) is 29.8 Å². The standard InChI is InChI=1S/C15H21N3O2S/c1-17-9-7-12(8-10-17)11-18(2)15-13-5-3-4-6-14(13)21(19,20)16-15/h3-6,12H,7-11H2,1-2H3. The van der Waals surface area contributed by atoms with E-state index in [1.54, 1.807) is 12.1 Å². The Morgan fingerprint density at radius 3 is 2.67 bits per heavy atom. The number of hydrogen-bond donors (Lipinski definition) is 0. The molecule has 1 aromatic carbocycles. The Bertz CT molecular complexity index is 661. The molecule has 0 radical (unpaired) electrons. The lowest BCUT2D eigenvalue weighted by Gasteiger charge is -2.32. The van der Waals surface area contributed by atoms with E-state index in [0.717, 1.165) is 38.0 Å². The molecule has 114 valence electrons. The Labute approximate surface area is 126 Å². The number of nitrogens with zero attached hydrogens (tertiary/aromatic N) is 3. The van der Waals surface area contributed by atoms with Gasteiger partial charge >= 0.3 is 0 Å². The molecule has 0 saturated carbocycles. The molecule has 0 amide bonds. The number of fused-ring (bicyclic) bond motifs is 1. The highest BCUT2D eigenvalue weighted by Gasteiger charge is 2.31. The van der Waals surface area contributed by atoms with Gasteiger partial charge in [0.15, 0.2) is 5.84 Å². The van der Waals surface area contributed by atoms with Crippen molar-refractivity contribution in [3.8, 4) is 0 Å². The molecule has 6 heteroatoms. The van der Waals surface area contributed by atoms with Crippen LogP contribution < -0.4 is 0 Å². The summed E-state index contributed by atoms with van der Waals surface area (Å²) >= 11 is 0. The van der Waals surface area contributed by atoms with Crippen molar-refractivity contribution in [2.45, 2.75) is 17.7 Å². The smallest absolute Gasteiger partial charge is 0.285 e. The van der Waals surface area contributed by atoms with Gasteiger partial charge in [0, 0.05) is 19.2 Å². The Kier molecular flexibility index (Phi) is 3.75. The van der Waals surface area contributed by atoms with E-state index >= 15 is 0 Å². The van der Waals surface area contributed by atoms with E-state index in [2.05, 4.69) is 16.3 Å². The van der Waals surface area contributed by atoms with Crippen LogP contribution in [0.3, 0.4) is 0 Å². The quantitative estimate of drug-likeness (QED) is 0.829. The molecule has 1 fully saturated rings. The van der Waals surface area contributed by atoms with Crippen LogP contribution in [0.4, 0.5) is 0 Å². The number of rotatable bonds is 2. The van der Waals surface area contributed by atoms with Crippen LogP contribution in [-0.2, 0) is 10.0 Å². The molecule has 5 nitrogen and oxygen atoms in total. The molecule has 2 heterocycles. The molecular weight excluding hydrogens is 286 g/mol. The summed E-state index contributed by atoms with van der Waals surface area (Å²) in [5.41, 5.74) is 0.730. The summed E-state index contributed by atoms with van der Waals surface area (Å²) in [4.78, 5) is 4.66. The highest BCUT2D eigenvalue weighted by molar-refractivity contribution is 7.90. The topological polar surface area (TPSA) is 53.0 Å². The highest BCUT2D eigenvalue weighted by Crippen LogP contribution is 2.28. The summed E-state index contributed by atoms with van der Waals surface area (Å²) in [7, 11) is 0.571. The van der Waals surface area contributed by atoms with Crippen LogP contribution in [0.15, 0.2) is 33.6 Å². The van der Waals surface area contributed by atoms with Crippen molar-refractivity contribution in [1.29, 1.82) is 0 Å². The molecule has 2 aliphatic heterocycles. The van der Waals surface area contributed by atoms with Crippen molar-refractivity contribution in [3.63, 3.8) is 0 Å². The number of hydrogen-bond acceptors (Lipinski definition) is 4. The second kappa shape index (κ2) is 5.42. The first-order chi connectivity index (χ1) is 9.97. The van der Waals surface area contributed by atoms with Crippen molar-refractivity contribution in [2.75, 3.05) is 33.7 Å². The zero-order valence-corrected chi connectivity index (χ0v) is 13.3. The number of benzene rings is 1. The number of amidine groups is 1. The molecule has 0 aromatic heterocycles. The van der Waals surface area contributed by atoms with Crippen molar-refractivity contribution in [1.82, 2.24) is 9.80 Å². The monoisotopic (exact) mass is 307 g/mol. The van der Waals surface area contributed by atoms with E-state index in [4.69, 9.17) is 0 Å². The lowest BCUT2D eigenvalue weighted by Crippen LogP contribution is -2.37. The molecule has 2 aliphatic rings. The van der Waals surface area contributed by atoms with Gasteiger partial charge in [-0.05, 0) is 51.0 Å². The van der Waals surface area contributed by atoms with Crippen LogP contribution in [0.2, 0.25) is 0 Å². The zero-order valence-electron chi connectivity index (χ0n) is 12.5. The van der Waals surface area contributed by atoms with Gasteiger partial charge in [-0.25, -0.2) is 0 Å². The van der Waals surface area contributed by atoms with Crippen LogP contribution in [0.5, 0.6) is 0 Å². The zero-order chi connectivity index (χ0) is 15.0. The minimum absolute atomic E-state index is 0.329. The Hall–Kier alpha value is -1.40. The molecule has 0 aliphatic carbocycles. The molecule has 0 spiro atoms. The third-order valence-corrected chi connectivity index (χ3v) is 5.67. The largest absolute Gasteiger partial charge is 0.358 e. The predicted molar refractivity (Wildman–Crippen MR) is 83.0 cm³/mol. The minimum atomic E-state index is -3.51. The lowest BCUT2D eigenvalue weighted by atomic mass is 9.96. The number of piperidine rings is 1. The molecule has 3 rings (SSSR count). The van der Waals surface area contributed by atoms with E-state index in [1.165, 1.54) is 0 Å². The maximum atomic E-state index is 12.1. The van der Waals surface area contributed by atoms with Gasteiger partial charge in [-0.2, -0.15) is 8.42 Å². The molecule has 1 saturated heterocycles. The second-order valence-electron chi connectivity index (χ2n) is 6.01. The summed E-state index contributed by atoms with van der Waals surface area (Å²) < 4.78 is 28.1. The second-order valence-corrected chi connectivity index (χ2v) is 7.59. The molecule has 0 bridgehead atoms. The van der Waals surface area contributed by atoms with E-state index in [1.807, 2.05) is 24.1 Å². The lowest BCUT2D eigenvalue weighted by molar-refractivity contribution is 0.200. The van der Waals surface area contributed by atoms with Crippen LogP contribution >= 0.6 is 0 Å². The average Bonchev–Trinajstić information content (AvgIpc) is 2.74. The van der Waals surface area contributed by atoms with E-state index in [-0.39, 0.29) is 0 Å². The first-order valence-corrected chi connectivity index (χ1v) is 8.75. The van der Waals surface area contributed by atoms with Gasteiger partial charge in [0.25, 0.3) is 10.0 Å². The predicted octanol–water partition coefficient (Wildman–Crippen LogP) is 1.41. The Morgan fingerprint density at radius 2 is 1.95 bits per heavy atom. The van der Waals surface area contributed by atoms with Crippen molar-refractivity contribution >= 4 is 15.9 Å². The van der Waals surface area contributed by atoms with Gasteiger partial charge in [0.1, 0.15) is 4.90 Å². The number of likely N-dealkylation sites (tertiary alicyclic amines) is 1. The third-order valence-electron chi connectivity index (χ3n) is 4.34. The van der Waals surface area contributed by atoms with Crippen molar-refractivity contribution < 1.29 is 8.42 Å². The molecule has 0 N–H and O–H groups in total. The SMILES string of the molecule is CN1CCC(CN(C)C2=NS(=O)(=O)c3ccccc32)CC1. The highest BCUT2D eigenvalue weighted by atomic mass is 32.2. The fourth-order valence-electron chi connectivity index (χ4n) is 3.08. The summed E-state index contributed by atoms with van der Waals surface area (Å²) in [6.07, 6.45) is 2.31. The van der Waals surface area contributed by atoms with E-state index in [0.29, 0.717) is 16.6 Å². The third kappa shape index (κ3) is 2.82. The maximum Gasteiger partial charge on any atom is 0.285 e. The van der Waals surface area contributed by atoms with Gasteiger partial charge in [0.05, 0.1) is 0 Å². The van der Waals surface area contributed by atoms with Crippen LogP contribution in [0.25, 0.3) is 0 Å². The first-order valence-electron chi connectivity index (χ1n) is 7.31. The van der Waals surface area contributed by atoms with Crippen LogP contribution in [0.1, 0.15) is 18.4 Å². The van der Waals surface area contributed by atoms with Crippen LogP contribution in [0, 0.1) is 5.92 Å². The Morgan fingerprint density at radius 1 is 1.29 bits per heavy atom. The van der Waals surface area contributed by atoms with Gasteiger partial charge in [-0.1, -0.05) is 12.1 Å². The fraction of sp³-hybridized carbons (Fsp3) is 0.533. The first kappa shape index (κ1) is 14.5. The molecule has 0 atom stereocenters. The summed E-state index contributed by atoms with van der Waals surface area (Å²) in [5.74, 6) is 1.19. The normalized spacial score (nSPS) is 21.9. The molecule has 1 aromatic rings. The maximum absolute atomic E-state index is 12.1. The molecule has 21 heavy (non-hydrogen) atoms. The Balaban J connectivity index is 1.78. The van der Waals surface area contributed by atoms with Gasteiger partial charge in [-0.3, -0.25) is 0 Å². The summed E-state index contributed by atoms with van der Waals surface area (Å²) in [5, 5.41) is 0. The van der Waals surface area contributed by atoms with E-state index < -0.39 is 10.0 Å². The van der Waals surface area contributed by atoms with Gasteiger partial charge < -0.3 is 9.80 Å². The number of sulfonamides is 1. The van der Waals surface area contributed by atoms with Gasteiger partial charge in [0.2, 0.25) is 0 Å². The molecule has 0 unspecified atom stereocenters. The minimum Gasteiger partial charge on any atom is -0.358 e.